The van der Waals surface area contributed by atoms with E-state index in [4.69, 9.17) is 5.73 Å². The second kappa shape index (κ2) is 7.29. The van der Waals surface area contributed by atoms with Crippen molar-refractivity contribution in [3.05, 3.63) is 35.4 Å². The molecule has 3 N–H and O–H groups in total. The molecule has 0 aliphatic rings. The van der Waals surface area contributed by atoms with E-state index in [1.807, 2.05) is 31.2 Å². The third-order valence-corrected chi connectivity index (χ3v) is 3.31. The Morgan fingerprint density at radius 2 is 1.89 bits per heavy atom. The van der Waals surface area contributed by atoms with Crippen molar-refractivity contribution in [1.82, 2.24) is 5.32 Å². The summed E-state index contributed by atoms with van der Waals surface area (Å²) in [6.07, 6.45) is 2.49. The highest BCUT2D eigenvalue weighted by Gasteiger charge is 2.18. The average Bonchev–Trinajstić information content (AvgIpc) is 2.37. The number of amides is 1. The summed E-state index contributed by atoms with van der Waals surface area (Å²) >= 11 is 0. The number of nitrogens with two attached hydrogens (primary N) is 1. The fourth-order valence-electron chi connectivity index (χ4n) is 1.96. The molecule has 106 valence electrons. The molecule has 1 aromatic carbocycles. The van der Waals surface area contributed by atoms with E-state index >= 15 is 0 Å². The van der Waals surface area contributed by atoms with Gasteiger partial charge in [-0.15, -0.1) is 0 Å². The molecule has 0 aliphatic heterocycles. The number of hydrogen-bond acceptors (Lipinski definition) is 2. The molecule has 0 aromatic heterocycles. The summed E-state index contributed by atoms with van der Waals surface area (Å²) < 4.78 is 0. The lowest BCUT2D eigenvalue weighted by Gasteiger charge is -2.24. The van der Waals surface area contributed by atoms with Crippen LogP contribution in [0, 0.1) is 12.3 Å². The van der Waals surface area contributed by atoms with Crippen LogP contribution in [0.1, 0.15) is 37.8 Å². The number of carbonyl (C=O) groups excluding carboxylic acids is 1. The van der Waals surface area contributed by atoms with E-state index < -0.39 is 0 Å². The smallest absolute Gasteiger partial charge is 0.224 e. The van der Waals surface area contributed by atoms with Crippen molar-refractivity contribution in [2.45, 2.75) is 40.0 Å². The van der Waals surface area contributed by atoms with Crippen molar-refractivity contribution in [2.75, 3.05) is 13.1 Å². The summed E-state index contributed by atoms with van der Waals surface area (Å²) in [6, 6.07) is 8.09. The highest BCUT2D eigenvalue weighted by atomic mass is 16.1. The fourth-order valence-corrected chi connectivity index (χ4v) is 1.96. The molecule has 0 aliphatic carbocycles. The second-order valence-corrected chi connectivity index (χ2v) is 6.00. The van der Waals surface area contributed by atoms with E-state index in [-0.39, 0.29) is 11.3 Å². The summed E-state index contributed by atoms with van der Waals surface area (Å²) in [7, 11) is 0. The molecule has 0 heterocycles. The largest absolute Gasteiger partial charge is 0.355 e. The van der Waals surface area contributed by atoms with Crippen LogP contribution in [0.25, 0.3) is 0 Å². The van der Waals surface area contributed by atoms with Crippen LogP contribution in [0.4, 0.5) is 0 Å². The SMILES string of the molecule is Cc1ccc(CC(=O)NCC(C)(C)CCCN)cc1. The Hall–Kier alpha value is -1.35. The zero-order valence-electron chi connectivity index (χ0n) is 12.3. The summed E-state index contributed by atoms with van der Waals surface area (Å²) in [4.78, 5) is 11.9. The van der Waals surface area contributed by atoms with Gasteiger partial charge in [-0.05, 0) is 37.3 Å². The van der Waals surface area contributed by atoms with Crippen molar-refractivity contribution < 1.29 is 4.79 Å². The summed E-state index contributed by atoms with van der Waals surface area (Å²) in [6.45, 7) is 7.78. The topological polar surface area (TPSA) is 55.1 Å². The van der Waals surface area contributed by atoms with Crippen molar-refractivity contribution in [2.24, 2.45) is 11.1 Å². The molecule has 0 saturated heterocycles. The van der Waals surface area contributed by atoms with Crippen LogP contribution in [-0.2, 0) is 11.2 Å². The minimum Gasteiger partial charge on any atom is -0.355 e. The Balaban J connectivity index is 2.37. The van der Waals surface area contributed by atoms with E-state index in [0.29, 0.717) is 19.5 Å². The van der Waals surface area contributed by atoms with E-state index in [1.165, 1.54) is 5.56 Å². The van der Waals surface area contributed by atoms with Gasteiger partial charge >= 0.3 is 0 Å². The molecule has 1 amide bonds. The Morgan fingerprint density at radius 1 is 1.26 bits per heavy atom. The molecule has 3 heteroatoms. The maximum absolute atomic E-state index is 11.9. The summed E-state index contributed by atoms with van der Waals surface area (Å²) in [5.41, 5.74) is 7.91. The summed E-state index contributed by atoms with van der Waals surface area (Å²) in [5.74, 6) is 0.0877. The molecule has 0 bridgehead atoms. The van der Waals surface area contributed by atoms with Crippen molar-refractivity contribution in [3.63, 3.8) is 0 Å². The second-order valence-electron chi connectivity index (χ2n) is 6.00. The Bertz CT molecular complexity index is 396. The Morgan fingerprint density at radius 3 is 2.47 bits per heavy atom. The monoisotopic (exact) mass is 262 g/mol. The maximum atomic E-state index is 11.9. The third kappa shape index (κ3) is 6.39. The van der Waals surface area contributed by atoms with Gasteiger partial charge in [-0.1, -0.05) is 43.7 Å². The minimum atomic E-state index is 0.0877. The van der Waals surface area contributed by atoms with Gasteiger partial charge in [-0.3, -0.25) is 4.79 Å². The zero-order chi connectivity index (χ0) is 14.3. The first-order chi connectivity index (χ1) is 8.93. The van der Waals surface area contributed by atoms with E-state index in [1.54, 1.807) is 0 Å². The first kappa shape index (κ1) is 15.7. The van der Waals surface area contributed by atoms with Gasteiger partial charge in [0, 0.05) is 6.54 Å². The molecule has 0 spiro atoms. The lowest BCUT2D eigenvalue weighted by atomic mass is 9.87. The molecule has 1 rings (SSSR count). The molecule has 19 heavy (non-hydrogen) atoms. The Kier molecular flexibility index (Phi) is 6.03. The molecule has 0 radical (unpaired) electrons. The number of nitrogens with one attached hydrogen (secondary N) is 1. The van der Waals surface area contributed by atoms with Crippen molar-refractivity contribution in [1.29, 1.82) is 0 Å². The summed E-state index contributed by atoms with van der Waals surface area (Å²) in [5, 5.41) is 3.02. The average molecular weight is 262 g/mol. The Labute approximate surface area is 116 Å². The quantitative estimate of drug-likeness (QED) is 0.793. The number of rotatable bonds is 7. The van der Waals surface area contributed by atoms with E-state index in [9.17, 15) is 4.79 Å². The van der Waals surface area contributed by atoms with Gasteiger partial charge in [0.25, 0.3) is 0 Å². The van der Waals surface area contributed by atoms with Crippen LogP contribution >= 0.6 is 0 Å². The number of aryl methyl sites for hydroxylation is 1. The molecular formula is C16H26N2O. The van der Waals surface area contributed by atoms with Crippen LogP contribution in [-0.4, -0.2) is 19.0 Å². The third-order valence-electron chi connectivity index (χ3n) is 3.31. The number of carbonyl (C=O) groups is 1. The molecule has 0 unspecified atom stereocenters. The lowest BCUT2D eigenvalue weighted by molar-refractivity contribution is -0.120. The van der Waals surface area contributed by atoms with Gasteiger partial charge in [0.05, 0.1) is 6.42 Å². The fraction of sp³-hybridized carbons (Fsp3) is 0.562. The van der Waals surface area contributed by atoms with Gasteiger partial charge < -0.3 is 11.1 Å². The van der Waals surface area contributed by atoms with Gasteiger partial charge in [-0.2, -0.15) is 0 Å². The molecule has 0 saturated carbocycles. The highest BCUT2D eigenvalue weighted by Crippen LogP contribution is 2.20. The number of benzene rings is 1. The molecule has 0 atom stereocenters. The van der Waals surface area contributed by atoms with Crippen LogP contribution < -0.4 is 11.1 Å². The van der Waals surface area contributed by atoms with Crippen LogP contribution in [0.15, 0.2) is 24.3 Å². The van der Waals surface area contributed by atoms with Crippen molar-refractivity contribution in [3.8, 4) is 0 Å². The van der Waals surface area contributed by atoms with E-state index in [0.717, 1.165) is 18.4 Å². The molecule has 0 fully saturated rings. The molecule has 1 aromatic rings. The first-order valence-electron chi connectivity index (χ1n) is 6.95. The van der Waals surface area contributed by atoms with Gasteiger partial charge in [0.15, 0.2) is 0 Å². The van der Waals surface area contributed by atoms with Crippen molar-refractivity contribution >= 4 is 5.91 Å². The number of hydrogen-bond donors (Lipinski definition) is 2. The van der Waals surface area contributed by atoms with Gasteiger partial charge in [0.1, 0.15) is 0 Å². The molecule has 3 nitrogen and oxygen atoms in total. The zero-order valence-corrected chi connectivity index (χ0v) is 12.3. The highest BCUT2D eigenvalue weighted by molar-refractivity contribution is 5.78. The standard InChI is InChI=1S/C16H26N2O/c1-13-5-7-14(8-6-13)11-15(19)18-12-16(2,3)9-4-10-17/h5-8H,4,9-12,17H2,1-3H3,(H,18,19). The molecular weight excluding hydrogens is 236 g/mol. The van der Waals surface area contributed by atoms with E-state index in [2.05, 4.69) is 19.2 Å². The predicted octanol–water partition coefficient (Wildman–Crippen LogP) is 2.42. The van der Waals surface area contributed by atoms with Gasteiger partial charge in [0.2, 0.25) is 5.91 Å². The minimum absolute atomic E-state index is 0.0877. The predicted molar refractivity (Wildman–Crippen MR) is 80.0 cm³/mol. The van der Waals surface area contributed by atoms with Crippen LogP contribution in [0.2, 0.25) is 0 Å². The van der Waals surface area contributed by atoms with Crippen LogP contribution in [0.5, 0.6) is 0 Å². The maximum Gasteiger partial charge on any atom is 0.224 e. The normalized spacial score (nSPS) is 11.4. The van der Waals surface area contributed by atoms with Crippen LogP contribution in [0.3, 0.4) is 0 Å². The lowest BCUT2D eigenvalue weighted by Crippen LogP contribution is -2.35. The van der Waals surface area contributed by atoms with Gasteiger partial charge in [-0.25, -0.2) is 0 Å². The first-order valence-corrected chi connectivity index (χ1v) is 6.95.